The van der Waals surface area contributed by atoms with E-state index in [-0.39, 0.29) is 11.6 Å². The summed E-state index contributed by atoms with van der Waals surface area (Å²) in [4.78, 5) is 20.6. The summed E-state index contributed by atoms with van der Waals surface area (Å²) in [5.41, 5.74) is 0.207. The van der Waals surface area contributed by atoms with Crippen LogP contribution in [0.4, 0.5) is 4.39 Å². The molecule has 1 amide bonds. The van der Waals surface area contributed by atoms with E-state index < -0.39 is 5.82 Å². The van der Waals surface area contributed by atoms with Crippen LogP contribution >= 0.6 is 0 Å². The Balaban J connectivity index is 2.09. The highest BCUT2D eigenvalue weighted by Crippen LogP contribution is 2.10. The van der Waals surface area contributed by atoms with Crippen LogP contribution in [0, 0.1) is 5.82 Å². The second kappa shape index (κ2) is 4.35. The molecule has 0 spiro atoms. The molecule has 4 nitrogen and oxygen atoms in total. The third-order valence-electron chi connectivity index (χ3n) is 2.18. The van der Waals surface area contributed by atoms with Gasteiger partial charge in [-0.2, -0.15) is 0 Å². The third-order valence-corrected chi connectivity index (χ3v) is 2.18. The van der Waals surface area contributed by atoms with Crippen molar-refractivity contribution in [2.75, 3.05) is 13.2 Å². The van der Waals surface area contributed by atoms with Gasteiger partial charge in [0.15, 0.2) is 0 Å². The maximum atomic E-state index is 12.6. The number of aromatic nitrogens is 1. The number of carbonyl (C=O) groups excluding carboxylic acids is 1. The Kier molecular flexibility index (Phi) is 2.91. The maximum Gasteiger partial charge on any atom is 0.295 e. The number of amides is 1. The van der Waals surface area contributed by atoms with Crippen LogP contribution in [-0.2, 0) is 4.84 Å². The summed E-state index contributed by atoms with van der Waals surface area (Å²) in [7, 11) is 0. The molecule has 1 aromatic heterocycles. The van der Waals surface area contributed by atoms with Gasteiger partial charge in [-0.3, -0.25) is 9.63 Å². The number of rotatable bonds is 1. The zero-order chi connectivity index (χ0) is 10.7. The van der Waals surface area contributed by atoms with Crippen molar-refractivity contribution in [3.8, 4) is 0 Å². The van der Waals surface area contributed by atoms with Gasteiger partial charge in [-0.25, -0.2) is 14.4 Å². The first-order valence-electron chi connectivity index (χ1n) is 4.84. The molecule has 80 valence electrons. The average molecular weight is 210 g/mol. The van der Waals surface area contributed by atoms with Crippen LogP contribution in [0.15, 0.2) is 18.3 Å². The molecular weight excluding hydrogens is 199 g/mol. The Labute approximate surface area is 86.6 Å². The summed E-state index contributed by atoms with van der Waals surface area (Å²) in [6.45, 7) is 1.12. The molecule has 2 rings (SSSR count). The number of pyridine rings is 1. The fourth-order valence-electron chi connectivity index (χ4n) is 1.39. The zero-order valence-electron chi connectivity index (χ0n) is 8.15. The van der Waals surface area contributed by atoms with Gasteiger partial charge in [-0.05, 0) is 25.0 Å². The molecule has 1 aromatic rings. The molecule has 0 N–H and O–H groups in total. The highest BCUT2D eigenvalue weighted by molar-refractivity contribution is 5.91. The lowest BCUT2D eigenvalue weighted by Gasteiger charge is -2.25. The number of carbonyl (C=O) groups is 1. The van der Waals surface area contributed by atoms with E-state index in [1.165, 1.54) is 17.2 Å². The van der Waals surface area contributed by atoms with Gasteiger partial charge in [0.05, 0.1) is 12.8 Å². The smallest absolute Gasteiger partial charge is 0.271 e. The second-order valence-corrected chi connectivity index (χ2v) is 3.31. The molecule has 1 aliphatic rings. The summed E-state index contributed by atoms with van der Waals surface area (Å²) in [6, 6.07) is 2.57. The van der Waals surface area contributed by atoms with Crippen LogP contribution in [-0.4, -0.2) is 29.1 Å². The summed E-state index contributed by atoms with van der Waals surface area (Å²) in [5.74, 6) is -0.763. The Morgan fingerprint density at radius 2 is 2.33 bits per heavy atom. The summed E-state index contributed by atoms with van der Waals surface area (Å²) >= 11 is 0. The van der Waals surface area contributed by atoms with Crippen molar-refractivity contribution in [1.29, 1.82) is 0 Å². The Morgan fingerprint density at radius 1 is 1.47 bits per heavy atom. The molecule has 1 fully saturated rings. The average Bonchev–Trinajstić information content (AvgIpc) is 2.30. The maximum absolute atomic E-state index is 12.6. The molecule has 1 saturated heterocycles. The predicted octanol–water partition coefficient (Wildman–Crippen LogP) is 1.39. The van der Waals surface area contributed by atoms with Gasteiger partial charge >= 0.3 is 0 Å². The number of hydrogen-bond donors (Lipinski definition) is 0. The van der Waals surface area contributed by atoms with Crippen LogP contribution in [0.25, 0.3) is 0 Å². The monoisotopic (exact) mass is 210 g/mol. The van der Waals surface area contributed by atoms with Gasteiger partial charge in [0.2, 0.25) is 0 Å². The van der Waals surface area contributed by atoms with E-state index >= 15 is 0 Å². The van der Waals surface area contributed by atoms with Crippen molar-refractivity contribution in [1.82, 2.24) is 10.0 Å². The molecule has 0 unspecified atom stereocenters. The molecule has 0 saturated carbocycles. The molecule has 0 radical (unpaired) electrons. The molecule has 15 heavy (non-hydrogen) atoms. The van der Waals surface area contributed by atoms with E-state index in [2.05, 4.69) is 4.98 Å². The van der Waals surface area contributed by atoms with E-state index in [0.717, 1.165) is 19.0 Å². The molecule has 0 aromatic carbocycles. The Hall–Kier alpha value is -1.49. The van der Waals surface area contributed by atoms with Crippen LogP contribution in [0.2, 0.25) is 0 Å². The van der Waals surface area contributed by atoms with Crippen molar-refractivity contribution in [2.24, 2.45) is 0 Å². The molecule has 2 heterocycles. The van der Waals surface area contributed by atoms with Crippen molar-refractivity contribution in [2.45, 2.75) is 12.8 Å². The fourth-order valence-corrected chi connectivity index (χ4v) is 1.39. The molecule has 0 atom stereocenters. The topological polar surface area (TPSA) is 42.4 Å². The quantitative estimate of drug-likeness (QED) is 0.703. The number of nitrogens with zero attached hydrogens (tertiary/aromatic N) is 2. The minimum Gasteiger partial charge on any atom is -0.271 e. The minimum absolute atomic E-state index is 0.207. The molecular formula is C10H11FN2O2. The van der Waals surface area contributed by atoms with Crippen molar-refractivity contribution in [3.05, 3.63) is 29.8 Å². The number of hydroxylamine groups is 2. The molecule has 5 heteroatoms. The van der Waals surface area contributed by atoms with Crippen LogP contribution < -0.4 is 0 Å². The highest BCUT2D eigenvalue weighted by atomic mass is 19.1. The van der Waals surface area contributed by atoms with Gasteiger partial charge < -0.3 is 0 Å². The van der Waals surface area contributed by atoms with Gasteiger partial charge in [0, 0.05) is 6.54 Å². The van der Waals surface area contributed by atoms with Gasteiger partial charge in [0.25, 0.3) is 5.91 Å². The zero-order valence-corrected chi connectivity index (χ0v) is 8.15. The molecule has 0 bridgehead atoms. The van der Waals surface area contributed by atoms with E-state index in [0.29, 0.717) is 13.2 Å². The van der Waals surface area contributed by atoms with Crippen molar-refractivity contribution in [3.63, 3.8) is 0 Å². The van der Waals surface area contributed by atoms with Gasteiger partial charge in [-0.15, -0.1) is 0 Å². The first kappa shape index (κ1) is 10.0. The lowest BCUT2D eigenvalue weighted by atomic mass is 10.2. The Bertz CT molecular complexity index is 347. The second-order valence-electron chi connectivity index (χ2n) is 3.31. The van der Waals surface area contributed by atoms with Crippen LogP contribution in [0.1, 0.15) is 23.3 Å². The highest BCUT2D eigenvalue weighted by Gasteiger charge is 2.20. The lowest BCUT2D eigenvalue weighted by molar-refractivity contribution is -0.144. The molecule has 0 aliphatic carbocycles. The lowest BCUT2D eigenvalue weighted by Crippen LogP contribution is -2.36. The minimum atomic E-state index is -0.453. The standard InChI is InChI=1S/C10H11FN2O2/c11-8-3-4-9(12-7-8)10(14)13-5-1-2-6-15-13/h3-4,7H,1-2,5-6H2. The van der Waals surface area contributed by atoms with E-state index in [9.17, 15) is 9.18 Å². The first-order valence-corrected chi connectivity index (χ1v) is 4.84. The third kappa shape index (κ3) is 2.30. The van der Waals surface area contributed by atoms with E-state index in [1.807, 2.05) is 0 Å². The summed E-state index contributed by atoms with van der Waals surface area (Å²) in [5, 5.41) is 1.28. The largest absolute Gasteiger partial charge is 0.295 e. The predicted molar refractivity (Wildman–Crippen MR) is 50.4 cm³/mol. The van der Waals surface area contributed by atoms with Gasteiger partial charge in [-0.1, -0.05) is 0 Å². The normalized spacial score (nSPS) is 16.5. The van der Waals surface area contributed by atoms with Crippen LogP contribution in [0.5, 0.6) is 0 Å². The number of hydrogen-bond acceptors (Lipinski definition) is 3. The van der Waals surface area contributed by atoms with E-state index in [4.69, 9.17) is 4.84 Å². The Morgan fingerprint density at radius 3 is 2.93 bits per heavy atom. The van der Waals surface area contributed by atoms with Crippen molar-refractivity contribution >= 4 is 5.91 Å². The van der Waals surface area contributed by atoms with Crippen molar-refractivity contribution < 1.29 is 14.0 Å². The van der Waals surface area contributed by atoms with Crippen LogP contribution in [0.3, 0.4) is 0 Å². The molecule has 1 aliphatic heterocycles. The summed E-state index contributed by atoms with van der Waals surface area (Å²) < 4.78 is 12.6. The first-order chi connectivity index (χ1) is 7.27. The summed E-state index contributed by atoms with van der Waals surface area (Å²) in [6.07, 6.45) is 2.91. The number of halogens is 1. The SMILES string of the molecule is O=C(c1ccc(F)cn1)N1CCCCO1. The van der Waals surface area contributed by atoms with Gasteiger partial charge in [0.1, 0.15) is 11.5 Å². The van der Waals surface area contributed by atoms with E-state index in [1.54, 1.807) is 0 Å². The fraction of sp³-hybridized carbons (Fsp3) is 0.400.